The van der Waals surface area contributed by atoms with Crippen LogP contribution in [0.1, 0.15) is 10.4 Å². The molecule has 0 saturated carbocycles. The Hall–Kier alpha value is -1.92. The van der Waals surface area contributed by atoms with E-state index in [2.05, 4.69) is 0 Å². The summed E-state index contributed by atoms with van der Waals surface area (Å²) in [5.41, 5.74) is 0.302. The number of nitro benzene ring substituents is 1. The van der Waals surface area contributed by atoms with Crippen molar-refractivity contribution in [3.63, 3.8) is 0 Å². The summed E-state index contributed by atoms with van der Waals surface area (Å²) in [4.78, 5) is 22.6. The molecule has 0 N–H and O–H groups in total. The molecule has 21 heavy (non-hydrogen) atoms. The highest BCUT2D eigenvalue weighted by atomic mass is 35.5. The second kappa shape index (κ2) is 6.69. The molecule has 108 valence electrons. The maximum Gasteiger partial charge on any atom is 0.270 e. The normalized spacial score (nSPS) is 10.4. The molecule has 0 aliphatic rings. The van der Waals surface area contributed by atoms with Crippen LogP contribution < -0.4 is 0 Å². The number of carbonyl (C=O) groups excluding carboxylic acids is 1. The van der Waals surface area contributed by atoms with Gasteiger partial charge in [0.15, 0.2) is 5.78 Å². The first-order valence-corrected chi connectivity index (χ1v) is 7.19. The monoisotopic (exact) mass is 325 g/mol. The molecule has 0 unspecified atom stereocenters. The fraction of sp³-hybridized carbons (Fsp3) is 0.0714. The Labute approximate surface area is 129 Å². The van der Waals surface area contributed by atoms with Crippen LogP contribution in [-0.4, -0.2) is 16.5 Å². The molecule has 0 spiro atoms. The van der Waals surface area contributed by atoms with Gasteiger partial charge in [0.1, 0.15) is 5.82 Å². The molecule has 0 radical (unpaired) electrons. The van der Waals surface area contributed by atoms with Crippen molar-refractivity contribution in [1.29, 1.82) is 0 Å². The Kier molecular flexibility index (Phi) is 4.93. The molecule has 4 nitrogen and oxygen atoms in total. The third-order valence-corrected chi connectivity index (χ3v) is 4.15. The van der Waals surface area contributed by atoms with Crippen molar-refractivity contribution in [3.8, 4) is 0 Å². The van der Waals surface area contributed by atoms with E-state index >= 15 is 0 Å². The van der Waals surface area contributed by atoms with Crippen molar-refractivity contribution >= 4 is 34.8 Å². The molecule has 0 fully saturated rings. The summed E-state index contributed by atoms with van der Waals surface area (Å²) in [5, 5.41) is 10.8. The molecule has 0 bridgehead atoms. The van der Waals surface area contributed by atoms with E-state index in [0.29, 0.717) is 10.5 Å². The van der Waals surface area contributed by atoms with Crippen molar-refractivity contribution in [2.75, 3.05) is 5.75 Å². The highest BCUT2D eigenvalue weighted by Gasteiger charge is 2.12. The summed E-state index contributed by atoms with van der Waals surface area (Å²) in [6.45, 7) is 0. The highest BCUT2D eigenvalue weighted by molar-refractivity contribution is 8.00. The summed E-state index contributed by atoms with van der Waals surface area (Å²) in [7, 11) is 0. The SMILES string of the molecule is O=C(CSc1ccc([N+](=O)[O-])cc1Cl)c1ccc(F)cc1. The number of hydrogen-bond acceptors (Lipinski definition) is 4. The standard InChI is InChI=1S/C14H9ClFNO3S/c15-12-7-11(17(19)20)5-6-14(12)21-8-13(18)9-1-3-10(16)4-2-9/h1-7H,8H2. The summed E-state index contributed by atoms with van der Waals surface area (Å²) in [6, 6.07) is 9.34. The minimum absolute atomic E-state index is 0.103. The van der Waals surface area contributed by atoms with Gasteiger partial charge in [-0.25, -0.2) is 4.39 Å². The van der Waals surface area contributed by atoms with Crippen LogP contribution in [0, 0.1) is 15.9 Å². The third-order valence-electron chi connectivity index (χ3n) is 2.65. The molecular formula is C14H9ClFNO3S. The number of rotatable bonds is 5. The maximum absolute atomic E-state index is 12.8. The molecule has 0 aliphatic heterocycles. The first-order valence-electron chi connectivity index (χ1n) is 5.83. The molecule has 0 heterocycles. The molecular weight excluding hydrogens is 317 g/mol. The lowest BCUT2D eigenvalue weighted by Crippen LogP contribution is -2.02. The minimum atomic E-state index is -0.538. The van der Waals surface area contributed by atoms with E-state index in [0.717, 1.165) is 0 Å². The Balaban J connectivity index is 2.04. The van der Waals surface area contributed by atoms with Crippen LogP contribution in [0.5, 0.6) is 0 Å². The van der Waals surface area contributed by atoms with Gasteiger partial charge in [-0.3, -0.25) is 14.9 Å². The number of benzene rings is 2. The number of hydrogen-bond donors (Lipinski definition) is 0. The Morgan fingerprint density at radius 3 is 2.48 bits per heavy atom. The molecule has 0 atom stereocenters. The first-order chi connectivity index (χ1) is 9.97. The van der Waals surface area contributed by atoms with Crippen molar-refractivity contribution in [1.82, 2.24) is 0 Å². The molecule has 0 aromatic heterocycles. The number of Topliss-reactive ketones (excluding diaryl/α,β-unsaturated/α-hetero) is 1. The van der Waals surface area contributed by atoms with Crippen LogP contribution in [0.3, 0.4) is 0 Å². The maximum atomic E-state index is 12.8. The minimum Gasteiger partial charge on any atom is -0.293 e. The van der Waals surface area contributed by atoms with Crippen LogP contribution in [0.4, 0.5) is 10.1 Å². The topological polar surface area (TPSA) is 60.2 Å². The van der Waals surface area contributed by atoms with Crippen molar-refractivity contribution in [2.24, 2.45) is 0 Å². The van der Waals surface area contributed by atoms with Gasteiger partial charge in [-0.1, -0.05) is 11.6 Å². The van der Waals surface area contributed by atoms with E-state index in [9.17, 15) is 19.3 Å². The van der Waals surface area contributed by atoms with Gasteiger partial charge in [0, 0.05) is 22.6 Å². The predicted molar refractivity (Wildman–Crippen MR) is 79.6 cm³/mol. The van der Waals surface area contributed by atoms with E-state index in [1.54, 1.807) is 0 Å². The molecule has 2 aromatic carbocycles. The second-order valence-corrected chi connectivity index (χ2v) is 5.51. The van der Waals surface area contributed by atoms with Gasteiger partial charge in [0.25, 0.3) is 5.69 Å². The van der Waals surface area contributed by atoms with E-state index < -0.39 is 10.7 Å². The number of nitrogens with zero attached hydrogens (tertiary/aromatic N) is 1. The Morgan fingerprint density at radius 1 is 1.24 bits per heavy atom. The van der Waals surface area contributed by atoms with Crippen LogP contribution in [-0.2, 0) is 0 Å². The lowest BCUT2D eigenvalue weighted by atomic mass is 10.1. The van der Waals surface area contributed by atoms with Gasteiger partial charge in [-0.15, -0.1) is 11.8 Å². The largest absolute Gasteiger partial charge is 0.293 e. The lowest BCUT2D eigenvalue weighted by Gasteiger charge is -2.04. The predicted octanol–water partition coefficient (Wildman–Crippen LogP) is 4.36. The zero-order valence-electron chi connectivity index (χ0n) is 10.6. The number of carbonyl (C=O) groups is 1. The molecule has 0 aliphatic carbocycles. The van der Waals surface area contributed by atoms with E-state index in [4.69, 9.17) is 11.6 Å². The molecule has 0 amide bonds. The zero-order valence-corrected chi connectivity index (χ0v) is 12.2. The molecule has 2 aromatic rings. The fourth-order valence-corrected chi connectivity index (χ4v) is 2.74. The van der Waals surface area contributed by atoms with Gasteiger partial charge >= 0.3 is 0 Å². The number of non-ortho nitro benzene ring substituents is 1. The number of ketones is 1. The number of thioether (sulfide) groups is 1. The fourth-order valence-electron chi connectivity index (χ4n) is 1.58. The van der Waals surface area contributed by atoms with Crippen molar-refractivity contribution < 1.29 is 14.1 Å². The van der Waals surface area contributed by atoms with Gasteiger partial charge in [0.2, 0.25) is 0 Å². The summed E-state index contributed by atoms with van der Waals surface area (Å²) in [5.74, 6) is -0.463. The van der Waals surface area contributed by atoms with Crippen molar-refractivity contribution in [3.05, 3.63) is 69.0 Å². The Bertz CT molecular complexity index is 691. The van der Waals surface area contributed by atoms with Crippen LogP contribution in [0.15, 0.2) is 47.4 Å². The van der Waals surface area contributed by atoms with Crippen molar-refractivity contribution in [2.45, 2.75) is 4.90 Å². The third kappa shape index (κ3) is 4.03. The summed E-state index contributed by atoms with van der Waals surface area (Å²) in [6.07, 6.45) is 0. The smallest absolute Gasteiger partial charge is 0.270 e. The molecule has 2 rings (SSSR count). The molecule has 0 saturated heterocycles. The first kappa shape index (κ1) is 15.5. The average molecular weight is 326 g/mol. The van der Waals surface area contributed by atoms with Gasteiger partial charge < -0.3 is 0 Å². The van der Waals surface area contributed by atoms with Crippen LogP contribution >= 0.6 is 23.4 Å². The quantitative estimate of drug-likeness (QED) is 0.354. The average Bonchev–Trinajstić information content (AvgIpc) is 2.46. The van der Waals surface area contributed by atoms with Gasteiger partial charge in [0.05, 0.1) is 15.7 Å². The van der Waals surface area contributed by atoms with Crippen LogP contribution in [0.25, 0.3) is 0 Å². The second-order valence-electron chi connectivity index (χ2n) is 4.09. The van der Waals surface area contributed by atoms with Gasteiger partial charge in [-0.2, -0.15) is 0 Å². The summed E-state index contributed by atoms with van der Waals surface area (Å²) < 4.78 is 12.8. The molecule has 7 heteroatoms. The van der Waals surface area contributed by atoms with E-state index in [1.807, 2.05) is 0 Å². The van der Waals surface area contributed by atoms with E-state index in [-0.39, 0.29) is 22.2 Å². The number of nitro groups is 1. The Morgan fingerprint density at radius 2 is 1.90 bits per heavy atom. The zero-order chi connectivity index (χ0) is 15.4. The highest BCUT2D eigenvalue weighted by Crippen LogP contribution is 2.30. The van der Waals surface area contributed by atoms with Crippen LogP contribution in [0.2, 0.25) is 5.02 Å². The summed E-state index contributed by atoms with van der Waals surface area (Å²) >= 11 is 7.11. The lowest BCUT2D eigenvalue weighted by molar-refractivity contribution is -0.384. The van der Waals surface area contributed by atoms with E-state index in [1.165, 1.54) is 54.2 Å². The van der Waals surface area contributed by atoms with Gasteiger partial charge in [-0.05, 0) is 30.3 Å². The number of halogens is 2.